The molecule has 4 rings (SSSR count). The molecule has 186 valence electrons. The molecular formula is C27H27FN4O4. The van der Waals surface area contributed by atoms with Gasteiger partial charge in [0.1, 0.15) is 11.6 Å². The highest BCUT2D eigenvalue weighted by molar-refractivity contribution is 6.02. The highest BCUT2D eigenvalue weighted by Crippen LogP contribution is 2.23. The first-order valence-electron chi connectivity index (χ1n) is 11.5. The minimum atomic E-state index is -1.18. The Bertz CT molecular complexity index is 1260. The van der Waals surface area contributed by atoms with Gasteiger partial charge in [0, 0.05) is 37.3 Å². The molecule has 1 atom stereocenters. The first kappa shape index (κ1) is 24.9. The molecule has 0 bridgehead atoms. The van der Waals surface area contributed by atoms with E-state index in [9.17, 15) is 18.8 Å². The van der Waals surface area contributed by atoms with Crippen molar-refractivity contribution in [3.05, 3.63) is 101 Å². The van der Waals surface area contributed by atoms with E-state index >= 15 is 0 Å². The number of amides is 3. The maximum atomic E-state index is 13.4. The number of halogens is 1. The number of carbonyl (C=O) groups excluding carboxylic acids is 3. The van der Waals surface area contributed by atoms with Gasteiger partial charge in [-0.2, -0.15) is 0 Å². The van der Waals surface area contributed by atoms with Crippen molar-refractivity contribution in [2.75, 3.05) is 20.2 Å². The minimum absolute atomic E-state index is 0.145. The summed E-state index contributed by atoms with van der Waals surface area (Å²) in [6.07, 6.45) is -1.18. The molecule has 1 heterocycles. The molecule has 0 aromatic heterocycles. The number of rotatable bonds is 7. The molecule has 0 saturated carbocycles. The molecule has 3 amide bonds. The molecule has 3 aromatic rings. The molecule has 0 aliphatic carbocycles. The summed E-state index contributed by atoms with van der Waals surface area (Å²) in [6, 6.07) is 19.2. The number of nitrogens with two attached hydrogens (primary N) is 1. The summed E-state index contributed by atoms with van der Waals surface area (Å²) in [5, 5.41) is 2.84. The van der Waals surface area contributed by atoms with Crippen LogP contribution in [0.3, 0.4) is 0 Å². The molecular weight excluding hydrogens is 463 g/mol. The number of carbonyl (C=O) groups is 3. The van der Waals surface area contributed by atoms with Gasteiger partial charge in [-0.05, 0) is 53.6 Å². The van der Waals surface area contributed by atoms with Crippen molar-refractivity contribution in [3.63, 3.8) is 0 Å². The van der Waals surface area contributed by atoms with Gasteiger partial charge < -0.3 is 25.6 Å². The summed E-state index contributed by atoms with van der Waals surface area (Å²) < 4.78 is 18.6. The fraction of sp³-hybridized carbons (Fsp3) is 0.222. The van der Waals surface area contributed by atoms with Gasteiger partial charge in [0.25, 0.3) is 17.7 Å². The van der Waals surface area contributed by atoms with Crippen LogP contribution in [0.25, 0.3) is 0 Å². The zero-order valence-electron chi connectivity index (χ0n) is 19.8. The Balaban J connectivity index is 1.61. The molecule has 0 spiro atoms. The molecule has 0 radical (unpaired) electrons. The third-order valence-corrected chi connectivity index (χ3v) is 6.03. The number of nitrogens with one attached hydrogen (secondary N) is 1. The van der Waals surface area contributed by atoms with E-state index in [1.807, 2.05) is 24.3 Å². The van der Waals surface area contributed by atoms with E-state index in [2.05, 4.69) is 5.32 Å². The summed E-state index contributed by atoms with van der Waals surface area (Å²) in [6.45, 7) is 0.868. The van der Waals surface area contributed by atoms with Gasteiger partial charge in [0.15, 0.2) is 6.17 Å². The summed E-state index contributed by atoms with van der Waals surface area (Å²) in [5.74, 6) is -1.36. The van der Waals surface area contributed by atoms with Gasteiger partial charge in [-0.3, -0.25) is 14.4 Å². The smallest absolute Gasteiger partial charge is 0.264 e. The molecule has 36 heavy (non-hydrogen) atoms. The number of ether oxygens (including phenoxy) is 1. The van der Waals surface area contributed by atoms with Gasteiger partial charge in [-0.25, -0.2) is 4.39 Å². The van der Waals surface area contributed by atoms with Crippen molar-refractivity contribution in [2.24, 2.45) is 5.73 Å². The average Bonchev–Trinajstić information content (AvgIpc) is 3.36. The molecule has 1 aliphatic heterocycles. The number of hydrogen-bond acceptors (Lipinski definition) is 5. The lowest BCUT2D eigenvalue weighted by Crippen LogP contribution is -2.53. The highest BCUT2D eigenvalue weighted by atomic mass is 19.1. The van der Waals surface area contributed by atoms with Crippen molar-refractivity contribution in [2.45, 2.75) is 19.3 Å². The van der Waals surface area contributed by atoms with Crippen molar-refractivity contribution in [1.82, 2.24) is 15.1 Å². The summed E-state index contributed by atoms with van der Waals surface area (Å²) in [7, 11) is 1.50. The van der Waals surface area contributed by atoms with Crippen LogP contribution in [0.15, 0.2) is 72.8 Å². The van der Waals surface area contributed by atoms with E-state index < -0.39 is 29.7 Å². The van der Waals surface area contributed by atoms with Crippen LogP contribution in [0.1, 0.15) is 31.8 Å². The predicted octanol–water partition coefficient (Wildman–Crippen LogP) is 2.53. The van der Waals surface area contributed by atoms with E-state index in [0.29, 0.717) is 17.9 Å². The number of hydrogen-bond donors (Lipinski definition) is 2. The molecule has 8 nitrogen and oxygen atoms in total. The van der Waals surface area contributed by atoms with Gasteiger partial charge >= 0.3 is 0 Å². The number of methoxy groups -OCH3 is 1. The zero-order chi connectivity index (χ0) is 25.7. The first-order chi connectivity index (χ1) is 17.4. The Morgan fingerprint density at radius 3 is 2.22 bits per heavy atom. The Morgan fingerprint density at radius 2 is 1.56 bits per heavy atom. The SMILES string of the molecule is COc1cccc(C(=O)N2CCN(C(=O)c3ccc(F)cc3)C2C(=O)NCc2cccc(CN)c2)c1. The normalized spacial score (nSPS) is 15.0. The number of benzene rings is 3. The fourth-order valence-electron chi connectivity index (χ4n) is 4.16. The van der Waals surface area contributed by atoms with Crippen LogP contribution in [-0.2, 0) is 17.9 Å². The van der Waals surface area contributed by atoms with Crippen LogP contribution >= 0.6 is 0 Å². The second-order valence-corrected chi connectivity index (χ2v) is 8.35. The third-order valence-electron chi connectivity index (χ3n) is 6.03. The number of nitrogens with zero attached hydrogens (tertiary/aromatic N) is 2. The first-order valence-corrected chi connectivity index (χ1v) is 11.5. The van der Waals surface area contributed by atoms with Crippen LogP contribution in [0.4, 0.5) is 4.39 Å². The van der Waals surface area contributed by atoms with E-state index in [1.54, 1.807) is 24.3 Å². The van der Waals surface area contributed by atoms with Gasteiger partial charge in [0.2, 0.25) is 0 Å². The fourth-order valence-corrected chi connectivity index (χ4v) is 4.16. The Labute approximate surface area is 208 Å². The third kappa shape index (κ3) is 5.36. The van der Waals surface area contributed by atoms with Crippen LogP contribution < -0.4 is 15.8 Å². The molecule has 1 fully saturated rings. The van der Waals surface area contributed by atoms with Crippen molar-refractivity contribution in [1.29, 1.82) is 0 Å². The standard InChI is InChI=1S/C27H27FN4O4/c1-36-23-7-3-6-21(15-23)27(35)32-13-12-31(26(34)20-8-10-22(28)11-9-20)25(32)24(33)30-17-19-5-2-4-18(14-19)16-29/h2-11,14-15,25H,12-13,16-17,29H2,1H3,(H,30,33). The Morgan fingerprint density at radius 1 is 0.917 bits per heavy atom. The van der Waals surface area contributed by atoms with E-state index in [0.717, 1.165) is 11.1 Å². The lowest BCUT2D eigenvalue weighted by Gasteiger charge is -2.29. The second kappa shape index (κ2) is 11.0. The lowest BCUT2D eigenvalue weighted by atomic mass is 10.1. The summed E-state index contributed by atoms with van der Waals surface area (Å²) >= 11 is 0. The Kier molecular flexibility index (Phi) is 7.60. The molecule has 1 unspecified atom stereocenters. The van der Waals surface area contributed by atoms with Crippen LogP contribution in [0.5, 0.6) is 5.75 Å². The summed E-state index contributed by atoms with van der Waals surface area (Å²) in [4.78, 5) is 42.8. The second-order valence-electron chi connectivity index (χ2n) is 8.35. The van der Waals surface area contributed by atoms with Gasteiger partial charge in [-0.1, -0.05) is 30.3 Å². The van der Waals surface area contributed by atoms with Crippen molar-refractivity contribution < 1.29 is 23.5 Å². The average molecular weight is 491 g/mol. The lowest BCUT2D eigenvalue weighted by molar-refractivity contribution is -0.128. The maximum absolute atomic E-state index is 13.4. The highest BCUT2D eigenvalue weighted by Gasteiger charge is 2.43. The quantitative estimate of drug-likeness (QED) is 0.530. The molecule has 3 N–H and O–H groups in total. The molecule has 9 heteroatoms. The van der Waals surface area contributed by atoms with Gasteiger partial charge in [0.05, 0.1) is 7.11 Å². The van der Waals surface area contributed by atoms with Crippen molar-refractivity contribution >= 4 is 17.7 Å². The zero-order valence-corrected chi connectivity index (χ0v) is 19.8. The van der Waals surface area contributed by atoms with Crippen LogP contribution in [-0.4, -0.2) is 53.9 Å². The van der Waals surface area contributed by atoms with Crippen LogP contribution in [0, 0.1) is 5.82 Å². The van der Waals surface area contributed by atoms with E-state index in [4.69, 9.17) is 10.5 Å². The van der Waals surface area contributed by atoms with E-state index in [1.165, 1.54) is 41.2 Å². The largest absolute Gasteiger partial charge is 0.497 e. The predicted molar refractivity (Wildman–Crippen MR) is 131 cm³/mol. The van der Waals surface area contributed by atoms with Crippen molar-refractivity contribution in [3.8, 4) is 5.75 Å². The molecule has 1 aliphatic rings. The van der Waals surface area contributed by atoms with Crippen LogP contribution in [0.2, 0.25) is 0 Å². The van der Waals surface area contributed by atoms with Gasteiger partial charge in [-0.15, -0.1) is 0 Å². The minimum Gasteiger partial charge on any atom is -0.497 e. The molecule has 1 saturated heterocycles. The topological polar surface area (TPSA) is 105 Å². The monoisotopic (exact) mass is 490 g/mol. The Hall–Kier alpha value is -4.24. The summed E-state index contributed by atoms with van der Waals surface area (Å²) in [5.41, 5.74) is 8.03. The van der Waals surface area contributed by atoms with E-state index in [-0.39, 0.29) is 25.2 Å². The molecule has 3 aromatic carbocycles. The maximum Gasteiger partial charge on any atom is 0.264 e.